The first kappa shape index (κ1) is 14.5. The van der Waals surface area contributed by atoms with E-state index in [1.807, 2.05) is 33.0 Å². The molecule has 1 saturated heterocycles. The Morgan fingerprint density at radius 3 is 2.91 bits per heavy atom. The minimum Gasteiger partial charge on any atom is -0.394 e. The monoisotopic (exact) mass is 329 g/mol. The van der Waals surface area contributed by atoms with E-state index in [9.17, 15) is 9.59 Å². The minimum atomic E-state index is -0.0874. The lowest BCUT2D eigenvalue weighted by Gasteiger charge is -2.42. The molecule has 120 valence electrons. The van der Waals surface area contributed by atoms with Gasteiger partial charge in [-0.05, 0) is 35.9 Å². The molecule has 6 heteroatoms. The topological polar surface area (TPSA) is 68.3 Å². The van der Waals surface area contributed by atoms with E-state index in [0.717, 1.165) is 23.5 Å². The molecule has 23 heavy (non-hydrogen) atoms. The van der Waals surface area contributed by atoms with Crippen LogP contribution < -0.4 is 11.3 Å². The lowest BCUT2D eigenvalue weighted by atomic mass is 9.83. The van der Waals surface area contributed by atoms with Crippen molar-refractivity contribution in [2.24, 2.45) is 5.92 Å². The Kier molecular flexibility index (Phi) is 3.49. The number of nitrogens with two attached hydrogens (primary N) is 1. The molecule has 1 fully saturated rings. The van der Waals surface area contributed by atoms with Gasteiger partial charge in [-0.1, -0.05) is 6.07 Å². The summed E-state index contributed by atoms with van der Waals surface area (Å²) in [5, 5.41) is 2.00. The van der Waals surface area contributed by atoms with Crippen LogP contribution >= 0.6 is 11.3 Å². The normalized spacial score (nSPS) is 22.7. The smallest absolute Gasteiger partial charge is 0.273 e. The van der Waals surface area contributed by atoms with Gasteiger partial charge in [-0.3, -0.25) is 9.59 Å². The highest BCUT2D eigenvalue weighted by Crippen LogP contribution is 2.35. The molecule has 0 radical (unpaired) electrons. The third kappa shape index (κ3) is 2.57. The second-order valence-corrected chi connectivity index (χ2v) is 7.52. The highest BCUT2D eigenvalue weighted by Gasteiger charge is 2.36. The standard InChI is InChI=1S/C17H19N3O2S/c18-14-3-4-15-12-6-11(9-20(15)17(14)22)8-19(10-12)16(21)7-13-2-1-5-23-13/h1-5,11-12H,6-10,18H2/t11-,12+/m0/s1. The van der Waals surface area contributed by atoms with Crippen LogP contribution in [-0.2, 0) is 17.8 Å². The van der Waals surface area contributed by atoms with Gasteiger partial charge in [0.2, 0.25) is 5.91 Å². The van der Waals surface area contributed by atoms with Crippen molar-refractivity contribution in [3.8, 4) is 0 Å². The number of piperidine rings is 1. The molecule has 2 aliphatic heterocycles. The van der Waals surface area contributed by atoms with Crippen molar-refractivity contribution in [3.05, 3.63) is 50.6 Å². The largest absolute Gasteiger partial charge is 0.394 e. The molecular formula is C17H19N3O2S. The molecule has 0 aromatic carbocycles. The molecule has 2 atom stereocenters. The number of carbonyl (C=O) groups is 1. The molecule has 2 bridgehead atoms. The zero-order valence-electron chi connectivity index (χ0n) is 12.8. The predicted molar refractivity (Wildman–Crippen MR) is 90.6 cm³/mol. The van der Waals surface area contributed by atoms with Gasteiger partial charge in [-0.25, -0.2) is 0 Å². The molecule has 2 aromatic rings. The number of carbonyl (C=O) groups excluding carboxylic acids is 1. The van der Waals surface area contributed by atoms with E-state index >= 15 is 0 Å². The maximum Gasteiger partial charge on any atom is 0.273 e. The second kappa shape index (κ2) is 5.53. The van der Waals surface area contributed by atoms with Gasteiger partial charge in [0.15, 0.2) is 0 Å². The summed E-state index contributed by atoms with van der Waals surface area (Å²) in [4.78, 5) is 27.9. The van der Waals surface area contributed by atoms with E-state index in [2.05, 4.69) is 0 Å². The number of anilines is 1. The van der Waals surface area contributed by atoms with Crippen molar-refractivity contribution in [1.29, 1.82) is 0 Å². The van der Waals surface area contributed by atoms with Crippen LogP contribution in [0.2, 0.25) is 0 Å². The summed E-state index contributed by atoms with van der Waals surface area (Å²) >= 11 is 1.62. The SMILES string of the molecule is Nc1ccc2n(c1=O)C[C@H]1C[C@@H]2CN(C(=O)Cc2cccs2)C1. The van der Waals surface area contributed by atoms with E-state index in [-0.39, 0.29) is 17.4 Å². The first-order valence-electron chi connectivity index (χ1n) is 7.91. The molecule has 1 amide bonds. The van der Waals surface area contributed by atoms with Crippen LogP contribution in [0.5, 0.6) is 0 Å². The van der Waals surface area contributed by atoms with Crippen molar-refractivity contribution in [1.82, 2.24) is 9.47 Å². The third-order valence-corrected chi connectivity index (χ3v) is 5.77. The molecule has 0 unspecified atom stereocenters. The number of nitrogen functional groups attached to an aromatic ring is 1. The van der Waals surface area contributed by atoms with Crippen LogP contribution in [0.15, 0.2) is 34.4 Å². The number of likely N-dealkylation sites (tertiary alicyclic amines) is 1. The summed E-state index contributed by atoms with van der Waals surface area (Å²) in [5.74, 6) is 0.768. The fraction of sp³-hybridized carbons (Fsp3) is 0.412. The Morgan fingerprint density at radius 1 is 1.26 bits per heavy atom. The lowest BCUT2D eigenvalue weighted by molar-refractivity contribution is -0.133. The Bertz CT molecular complexity index is 797. The first-order chi connectivity index (χ1) is 11.1. The number of nitrogens with zero attached hydrogens (tertiary/aromatic N) is 2. The number of rotatable bonds is 2. The van der Waals surface area contributed by atoms with Crippen LogP contribution in [0.3, 0.4) is 0 Å². The fourth-order valence-corrected chi connectivity index (χ4v) is 4.54. The van der Waals surface area contributed by atoms with Gasteiger partial charge in [0.25, 0.3) is 5.56 Å². The molecule has 2 aromatic heterocycles. The van der Waals surface area contributed by atoms with E-state index in [1.54, 1.807) is 17.4 Å². The maximum absolute atomic E-state index is 12.6. The molecule has 5 nitrogen and oxygen atoms in total. The van der Waals surface area contributed by atoms with Crippen LogP contribution in [0.25, 0.3) is 0 Å². The molecule has 0 spiro atoms. The van der Waals surface area contributed by atoms with E-state index in [4.69, 9.17) is 5.73 Å². The summed E-state index contributed by atoms with van der Waals surface area (Å²) in [7, 11) is 0. The van der Waals surface area contributed by atoms with Gasteiger partial charge in [0, 0.05) is 36.1 Å². The van der Waals surface area contributed by atoms with Crippen LogP contribution in [0.4, 0.5) is 5.69 Å². The van der Waals surface area contributed by atoms with E-state index in [0.29, 0.717) is 31.1 Å². The molecule has 0 saturated carbocycles. The van der Waals surface area contributed by atoms with Gasteiger partial charge < -0.3 is 15.2 Å². The van der Waals surface area contributed by atoms with Crippen LogP contribution in [-0.4, -0.2) is 28.5 Å². The summed E-state index contributed by atoms with van der Waals surface area (Å²) in [6.07, 6.45) is 1.53. The molecule has 2 aliphatic rings. The Balaban J connectivity index is 1.57. The van der Waals surface area contributed by atoms with Crippen LogP contribution in [0.1, 0.15) is 22.9 Å². The van der Waals surface area contributed by atoms with Crippen LogP contribution in [0, 0.1) is 5.92 Å². The highest BCUT2D eigenvalue weighted by atomic mass is 32.1. The maximum atomic E-state index is 12.6. The number of amides is 1. The first-order valence-corrected chi connectivity index (χ1v) is 8.79. The van der Waals surface area contributed by atoms with Crippen molar-refractivity contribution in [2.75, 3.05) is 18.8 Å². The average Bonchev–Trinajstić information content (AvgIpc) is 3.04. The quantitative estimate of drug-likeness (QED) is 0.911. The number of thiophene rings is 1. The highest BCUT2D eigenvalue weighted by molar-refractivity contribution is 7.10. The number of pyridine rings is 1. The van der Waals surface area contributed by atoms with Gasteiger partial charge >= 0.3 is 0 Å². The Hall–Kier alpha value is -2.08. The second-order valence-electron chi connectivity index (χ2n) is 6.48. The molecular weight excluding hydrogens is 310 g/mol. The summed E-state index contributed by atoms with van der Waals surface area (Å²) in [5.41, 5.74) is 6.99. The summed E-state index contributed by atoms with van der Waals surface area (Å²) < 4.78 is 1.81. The average molecular weight is 329 g/mol. The Labute approximate surface area is 138 Å². The zero-order chi connectivity index (χ0) is 16.0. The van der Waals surface area contributed by atoms with E-state index < -0.39 is 0 Å². The number of hydrogen-bond acceptors (Lipinski definition) is 4. The van der Waals surface area contributed by atoms with Crippen molar-refractivity contribution < 1.29 is 4.79 Å². The van der Waals surface area contributed by atoms with Crippen molar-refractivity contribution >= 4 is 22.9 Å². The van der Waals surface area contributed by atoms with Gasteiger partial charge in [-0.2, -0.15) is 0 Å². The van der Waals surface area contributed by atoms with Gasteiger partial charge in [0.1, 0.15) is 0 Å². The molecule has 4 rings (SSSR count). The summed E-state index contributed by atoms with van der Waals surface area (Å²) in [6.45, 7) is 2.10. The number of aromatic nitrogens is 1. The minimum absolute atomic E-state index is 0.0874. The third-order valence-electron chi connectivity index (χ3n) is 4.89. The fourth-order valence-electron chi connectivity index (χ4n) is 3.84. The van der Waals surface area contributed by atoms with E-state index in [1.165, 1.54) is 0 Å². The Morgan fingerprint density at radius 2 is 2.13 bits per heavy atom. The van der Waals surface area contributed by atoms with Gasteiger partial charge in [-0.15, -0.1) is 11.3 Å². The molecule has 0 aliphatic carbocycles. The molecule has 4 heterocycles. The number of hydrogen-bond donors (Lipinski definition) is 1. The summed E-state index contributed by atoms with van der Waals surface area (Å²) in [6, 6.07) is 7.63. The van der Waals surface area contributed by atoms with Gasteiger partial charge in [0.05, 0.1) is 12.1 Å². The lowest BCUT2D eigenvalue weighted by Crippen LogP contribution is -2.49. The molecule has 2 N–H and O–H groups in total. The van der Waals surface area contributed by atoms with Crippen molar-refractivity contribution in [2.45, 2.75) is 25.3 Å². The predicted octanol–water partition coefficient (Wildman–Crippen LogP) is 1.68. The number of fused-ring (bicyclic) bond motifs is 4. The zero-order valence-corrected chi connectivity index (χ0v) is 13.6. The van der Waals surface area contributed by atoms with Crippen molar-refractivity contribution in [3.63, 3.8) is 0 Å².